The van der Waals surface area contributed by atoms with E-state index in [1.807, 2.05) is 19.1 Å². The maximum atomic E-state index is 10.2. The Bertz CT molecular complexity index is 922. The van der Waals surface area contributed by atoms with Crippen LogP contribution in [-0.4, -0.2) is 31.3 Å². The van der Waals surface area contributed by atoms with Gasteiger partial charge in [0.05, 0.1) is 40.9 Å². The fraction of sp³-hybridized carbons (Fsp3) is 0.222. The van der Waals surface area contributed by atoms with Gasteiger partial charge < -0.3 is 10.4 Å². The first kappa shape index (κ1) is 18.8. The lowest BCUT2D eigenvalue weighted by molar-refractivity contribution is 0.130. The number of benzene rings is 1. The van der Waals surface area contributed by atoms with E-state index < -0.39 is 12.3 Å². The molecule has 0 bridgehead atoms. The van der Waals surface area contributed by atoms with E-state index in [0.29, 0.717) is 28.6 Å². The largest absolute Gasteiger partial charge is 0.374 e. The molecule has 0 aliphatic rings. The van der Waals surface area contributed by atoms with Crippen molar-refractivity contribution in [3.05, 3.63) is 53.4 Å². The molecule has 0 amide bonds. The second kappa shape index (κ2) is 8.60. The number of hydrogen-bond donors (Lipinski definition) is 4. The van der Waals surface area contributed by atoms with Gasteiger partial charge >= 0.3 is 0 Å². The molecule has 2 heterocycles. The number of aliphatic hydroxyl groups is 1. The lowest BCUT2D eigenvalue weighted by atomic mass is 10.1. The normalized spacial score (nSPS) is 13.0. The Morgan fingerprint density at radius 2 is 2.07 bits per heavy atom. The Labute approximate surface area is 161 Å². The molecule has 8 nitrogen and oxygen atoms in total. The quantitative estimate of drug-likeness (QED) is 0.462. The van der Waals surface area contributed by atoms with Gasteiger partial charge in [-0.15, -0.1) is 0 Å². The number of nitrogens with one attached hydrogen (secondary N) is 3. The highest BCUT2D eigenvalue weighted by Crippen LogP contribution is 2.28. The van der Waals surface area contributed by atoms with Gasteiger partial charge in [0.2, 0.25) is 5.95 Å². The van der Waals surface area contributed by atoms with Crippen molar-refractivity contribution in [2.24, 2.45) is 0 Å². The van der Waals surface area contributed by atoms with E-state index >= 15 is 0 Å². The summed E-state index contributed by atoms with van der Waals surface area (Å²) in [4.78, 5) is 8.61. The third kappa shape index (κ3) is 4.60. The smallest absolute Gasteiger partial charge is 0.227 e. The monoisotopic (exact) mass is 383 g/mol. The van der Waals surface area contributed by atoms with Crippen molar-refractivity contribution in [1.29, 1.82) is 5.26 Å². The third-order valence-corrected chi connectivity index (χ3v) is 4.20. The predicted octanol–water partition coefficient (Wildman–Crippen LogP) is 3.15. The molecule has 138 valence electrons. The summed E-state index contributed by atoms with van der Waals surface area (Å²) in [5, 5.41) is 32.1. The van der Waals surface area contributed by atoms with Crippen molar-refractivity contribution in [2.75, 3.05) is 5.32 Å². The molecule has 0 radical (unpaired) electrons. The average molecular weight is 384 g/mol. The lowest BCUT2D eigenvalue weighted by Crippen LogP contribution is -2.31. The first-order valence-electron chi connectivity index (χ1n) is 8.33. The number of nitriles is 1. The van der Waals surface area contributed by atoms with Gasteiger partial charge in [0.1, 0.15) is 6.23 Å². The van der Waals surface area contributed by atoms with Crippen LogP contribution in [-0.2, 0) is 0 Å². The topological polar surface area (TPSA) is 123 Å². The molecular formula is C18H18ClN7O. The van der Waals surface area contributed by atoms with Crippen LogP contribution in [0.3, 0.4) is 0 Å². The zero-order chi connectivity index (χ0) is 19.2. The summed E-state index contributed by atoms with van der Waals surface area (Å²) in [6.45, 7) is 1.88. The molecule has 1 unspecified atom stereocenters. The van der Waals surface area contributed by atoms with E-state index in [9.17, 15) is 5.11 Å². The number of aromatic nitrogens is 4. The Morgan fingerprint density at radius 3 is 2.70 bits per heavy atom. The molecule has 1 aromatic carbocycles. The summed E-state index contributed by atoms with van der Waals surface area (Å²) in [6.07, 6.45) is 4.50. The average Bonchev–Trinajstić information content (AvgIpc) is 3.20. The van der Waals surface area contributed by atoms with E-state index in [2.05, 4.69) is 36.9 Å². The second-order valence-electron chi connectivity index (χ2n) is 5.78. The van der Waals surface area contributed by atoms with Crippen LogP contribution < -0.4 is 10.6 Å². The van der Waals surface area contributed by atoms with Gasteiger partial charge in [0.15, 0.2) is 0 Å². The Kier molecular flexibility index (Phi) is 5.98. The summed E-state index contributed by atoms with van der Waals surface area (Å²) in [6, 6.07) is 8.84. The van der Waals surface area contributed by atoms with E-state index in [-0.39, 0.29) is 0 Å². The number of hydrogen-bond acceptors (Lipinski definition) is 7. The third-order valence-electron chi connectivity index (χ3n) is 3.92. The Balaban J connectivity index is 1.79. The molecule has 0 aliphatic carbocycles. The molecule has 27 heavy (non-hydrogen) atoms. The first-order chi connectivity index (χ1) is 13.1. The minimum atomic E-state index is -0.928. The number of aliphatic hydroxyl groups excluding tert-OH is 1. The summed E-state index contributed by atoms with van der Waals surface area (Å²) in [5.74, 6) is 0.390. The van der Waals surface area contributed by atoms with Crippen molar-refractivity contribution < 1.29 is 5.11 Å². The molecule has 9 heteroatoms. The lowest BCUT2D eigenvalue weighted by Gasteiger charge is -2.16. The molecule has 2 atom stereocenters. The van der Waals surface area contributed by atoms with Crippen LogP contribution in [0.4, 0.5) is 11.6 Å². The zero-order valence-corrected chi connectivity index (χ0v) is 15.3. The minimum Gasteiger partial charge on any atom is -0.374 e. The number of aromatic amines is 1. The van der Waals surface area contributed by atoms with Gasteiger partial charge in [0.25, 0.3) is 0 Å². The van der Waals surface area contributed by atoms with Crippen molar-refractivity contribution in [1.82, 2.24) is 25.5 Å². The number of anilines is 2. The molecule has 0 spiro atoms. The summed E-state index contributed by atoms with van der Waals surface area (Å²) >= 11 is 6.25. The fourth-order valence-electron chi connectivity index (χ4n) is 2.43. The van der Waals surface area contributed by atoms with Crippen LogP contribution in [0.2, 0.25) is 5.02 Å². The van der Waals surface area contributed by atoms with Gasteiger partial charge in [-0.2, -0.15) is 10.4 Å². The number of H-pyrrole nitrogens is 1. The molecule has 2 aromatic heterocycles. The van der Waals surface area contributed by atoms with E-state index in [1.165, 1.54) is 6.20 Å². The molecule has 0 aliphatic heterocycles. The van der Waals surface area contributed by atoms with Gasteiger partial charge in [0, 0.05) is 11.8 Å². The van der Waals surface area contributed by atoms with Gasteiger partial charge in [-0.05, 0) is 12.0 Å². The Morgan fingerprint density at radius 1 is 1.30 bits per heavy atom. The molecule has 0 saturated carbocycles. The van der Waals surface area contributed by atoms with Crippen molar-refractivity contribution in [3.63, 3.8) is 0 Å². The maximum Gasteiger partial charge on any atom is 0.227 e. The van der Waals surface area contributed by atoms with Crippen molar-refractivity contribution >= 4 is 23.2 Å². The van der Waals surface area contributed by atoms with Crippen LogP contribution in [0, 0.1) is 11.3 Å². The first-order valence-corrected chi connectivity index (χ1v) is 8.71. The van der Waals surface area contributed by atoms with Crippen molar-refractivity contribution in [2.45, 2.75) is 25.6 Å². The van der Waals surface area contributed by atoms with Crippen molar-refractivity contribution in [3.8, 4) is 17.3 Å². The molecule has 3 aromatic rings. The highest BCUT2D eigenvalue weighted by molar-refractivity contribution is 6.32. The molecule has 0 saturated heterocycles. The zero-order valence-electron chi connectivity index (χ0n) is 14.5. The summed E-state index contributed by atoms with van der Waals surface area (Å²) in [7, 11) is 0. The predicted molar refractivity (Wildman–Crippen MR) is 102 cm³/mol. The second-order valence-corrected chi connectivity index (χ2v) is 6.19. The SMILES string of the molecule is CC[C@@H](C#N)NC(O)c1ccc(-c2nc(Nc3cn[nH]c3)ncc2Cl)cc1. The molecule has 4 N–H and O–H groups in total. The van der Waals surface area contributed by atoms with Crippen LogP contribution in [0.1, 0.15) is 25.1 Å². The van der Waals surface area contributed by atoms with Crippen LogP contribution in [0.25, 0.3) is 11.3 Å². The highest BCUT2D eigenvalue weighted by atomic mass is 35.5. The summed E-state index contributed by atoms with van der Waals surface area (Å²) in [5.41, 5.74) is 2.72. The maximum absolute atomic E-state index is 10.2. The minimum absolute atomic E-state index is 0.390. The standard InChI is InChI=1S/C18H18ClN7O/c1-2-13(7-20)24-17(27)12-5-3-11(4-6-12)16-15(19)10-21-18(26-16)25-14-8-22-23-9-14/h3-6,8-10,13,17,24,27H,2H2,1H3,(H,22,23)(H,21,25,26)/t13-,17?/m0/s1. The van der Waals surface area contributed by atoms with Crippen LogP contribution >= 0.6 is 11.6 Å². The number of halogens is 1. The number of nitrogens with zero attached hydrogens (tertiary/aromatic N) is 4. The van der Waals surface area contributed by atoms with E-state index in [1.54, 1.807) is 24.5 Å². The number of rotatable bonds is 7. The Hall–Kier alpha value is -2.99. The molecule has 0 fully saturated rings. The van der Waals surface area contributed by atoms with E-state index in [4.69, 9.17) is 16.9 Å². The van der Waals surface area contributed by atoms with Crippen LogP contribution in [0.5, 0.6) is 0 Å². The highest BCUT2D eigenvalue weighted by Gasteiger charge is 2.14. The van der Waals surface area contributed by atoms with Gasteiger partial charge in [-0.1, -0.05) is 42.8 Å². The van der Waals surface area contributed by atoms with E-state index in [0.717, 1.165) is 11.3 Å². The van der Waals surface area contributed by atoms with Gasteiger partial charge in [-0.25, -0.2) is 9.97 Å². The fourth-order valence-corrected chi connectivity index (χ4v) is 2.63. The molecule has 3 rings (SSSR count). The molecular weight excluding hydrogens is 366 g/mol. The van der Waals surface area contributed by atoms with Gasteiger partial charge in [-0.3, -0.25) is 10.4 Å². The van der Waals surface area contributed by atoms with Crippen LogP contribution in [0.15, 0.2) is 42.9 Å². The summed E-state index contributed by atoms with van der Waals surface area (Å²) < 4.78 is 0.